The maximum absolute atomic E-state index is 10.7. The van der Waals surface area contributed by atoms with Crippen molar-refractivity contribution in [2.75, 3.05) is 0 Å². The second-order valence-electron chi connectivity index (χ2n) is 4.30. The third-order valence-corrected chi connectivity index (χ3v) is 3.43. The van der Waals surface area contributed by atoms with Gasteiger partial charge in [-0.05, 0) is 24.3 Å². The number of aliphatic hydroxyl groups is 1. The molecule has 0 bridgehead atoms. The van der Waals surface area contributed by atoms with Crippen LogP contribution in [0.1, 0.15) is 31.2 Å². The van der Waals surface area contributed by atoms with Gasteiger partial charge < -0.3 is 5.11 Å². The Morgan fingerprint density at radius 2 is 2.00 bits per heavy atom. The molecule has 1 aliphatic carbocycles. The van der Waals surface area contributed by atoms with Gasteiger partial charge in [0, 0.05) is 6.42 Å². The topological polar surface area (TPSA) is 20.2 Å². The molecule has 1 nitrogen and oxygen atoms in total. The molecule has 0 heterocycles. The summed E-state index contributed by atoms with van der Waals surface area (Å²) in [7, 11) is 0. The summed E-state index contributed by atoms with van der Waals surface area (Å²) in [6, 6.07) is 9.80. The van der Waals surface area contributed by atoms with Crippen molar-refractivity contribution in [3.05, 3.63) is 35.9 Å². The van der Waals surface area contributed by atoms with Crippen LogP contribution < -0.4 is 0 Å². The zero-order chi connectivity index (χ0) is 10.7. The number of hydrogen-bond donors (Lipinski definition) is 1. The minimum atomic E-state index is -0.797. The third-order valence-electron chi connectivity index (χ3n) is 3.43. The molecule has 0 aliphatic heterocycles. The molecule has 1 aromatic rings. The van der Waals surface area contributed by atoms with E-state index in [4.69, 9.17) is 6.42 Å². The van der Waals surface area contributed by atoms with Crippen LogP contribution >= 0.6 is 0 Å². The monoisotopic (exact) mass is 200 g/mol. The summed E-state index contributed by atoms with van der Waals surface area (Å²) in [4.78, 5) is 0. The molecule has 0 aromatic heterocycles. The first-order chi connectivity index (χ1) is 7.27. The Kier molecular flexibility index (Phi) is 2.79. The van der Waals surface area contributed by atoms with Gasteiger partial charge in [0.15, 0.2) is 0 Å². The van der Waals surface area contributed by atoms with Gasteiger partial charge in [-0.1, -0.05) is 36.8 Å². The van der Waals surface area contributed by atoms with E-state index >= 15 is 0 Å². The van der Waals surface area contributed by atoms with Crippen molar-refractivity contribution in [2.45, 2.75) is 31.3 Å². The van der Waals surface area contributed by atoms with E-state index in [1.807, 2.05) is 30.3 Å². The van der Waals surface area contributed by atoms with Gasteiger partial charge in [-0.2, -0.15) is 0 Å². The molecule has 0 amide bonds. The molecule has 1 aromatic carbocycles. The number of hydrogen-bond acceptors (Lipinski definition) is 1. The van der Waals surface area contributed by atoms with Crippen molar-refractivity contribution < 1.29 is 5.11 Å². The maximum atomic E-state index is 10.7. The van der Waals surface area contributed by atoms with Gasteiger partial charge in [-0.3, -0.25) is 0 Å². The second-order valence-corrected chi connectivity index (χ2v) is 4.30. The fraction of sp³-hybridized carbons (Fsp3) is 0.429. The Morgan fingerprint density at radius 3 is 2.47 bits per heavy atom. The van der Waals surface area contributed by atoms with Crippen molar-refractivity contribution in [2.24, 2.45) is 5.92 Å². The third kappa shape index (κ3) is 1.78. The van der Waals surface area contributed by atoms with E-state index < -0.39 is 5.60 Å². The summed E-state index contributed by atoms with van der Waals surface area (Å²) in [5, 5.41) is 10.7. The van der Waals surface area contributed by atoms with Crippen LogP contribution in [0.4, 0.5) is 0 Å². The lowest BCUT2D eigenvalue weighted by molar-refractivity contribution is -0.0521. The summed E-state index contributed by atoms with van der Waals surface area (Å²) in [6.07, 6.45) is 9.17. The summed E-state index contributed by atoms with van der Waals surface area (Å²) in [5.74, 6) is 2.95. The molecular formula is C14H16O. The molecule has 78 valence electrons. The van der Waals surface area contributed by atoms with E-state index in [1.165, 1.54) is 6.42 Å². The van der Waals surface area contributed by atoms with E-state index in [2.05, 4.69) is 5.92 Å². The zero-order valence-electron chi connectivity index (χ0n) is 8.82. The smallest absolute Gasteiger partial charge is 0.103 e. The van der Waals surface area contributed by atoms with Gasteiger partial charge in [0.1, 0.15) is 5.60 Å². The average molecular weight is 200 g/mol. The first kappa shape index (κ1) is 10.3. The Labute approximate surface area is 91.1 Å². The quantitative estimate of drug-likeness (QED) is 0.744. The van der Waals surface area contributed by atoms with Crippen molar-refractivity contribution >= 4 is 0 Å². The van der Waals surface area contributed by atoms with Crippen LogP contribution in [-0.2, 0) is 5.60 Å². The van der Waals surface area contributed by atoms with E-state index in [9.17, 15) is 5.11 Å². The highest BCUT2D eigenvalue weighted by atomic mass is 16.3. The maximum Gasteiger partial charge on any atom is 0.103 e. The van der Waals surface area contributed by atoms with E-state index in [-0.39, 0.29) is 0 Å². The van der Waals surface area contributed by atoms with Gasteiger partial charge in [-0.15, -0.1) is 12.3 Å². The highest BCUT2D eigenvalue weighted by Crippen LogP contribution is 2.44. The van der Waals surface area contributed by atoms with Crippen LogP contribution in [-0.4, -0.2) is 5.11 Å². The summed E-state index contributed by atoms with van der Waals surface area (Å²) < 4.78 is 0. The lowest BCUT2D eigenvalue weighted by Crippen LogP contribution is -2.38. The van der Waals surface area contributed by atoms with Gasteiger partial charge in [0.05, 0.1) is 0 Å². The Balaban J connectivity index is 2.30. The van der Waals surface area contributed by atoms with Crippen LogP contribution in [0.15, 0.2) is 30.3 Å². The molecule has 0 spiro atoms. The fourth-order valence-corrected chi connectivity index (χ4v) is 2.25. The first-order valence-electron chi connectivity index (χ1n) is 5.49. The second kappa shape index (κ2) is 4.08. The molecule has 1 unspecified atom stereocenters. The van der Waals surface area contributed by atoms with Crippen LogP contribution in [0.2, 0.25) is 0 Å². The molecule has 0 radical (unpaired) electrons. The van der Waals surface area contributed by atoms with E-state index in [0.29, 0.717) is 12.3 Å². The zero-order valence-corrected chi connectivity index (χ0v) is 8.82. The molecule has 1 saturated carbocycles. The van der Waals surface area contributed by atoms with Crippen molar-refractivity contribution in [3.63, 3.8) is 0 Å². The fourth-order valence-electron chi connectivity index (χ4n) is 2.25. The lowest BCUT2D eigenvalue weighted by atomic mass is 9.68. The van der Waals surface area contributed by atoms with Crippen LogP contribution in [0, 0.1) is 18.3 Å². The van der Waals surface area contributed by atoms with Gasteiger partial charge in [-0.25, -0.2) is 0 Å². The molecule has 1 heteroatoms. The van der Waals surface area contributed by atoms with Gasteiger partial charge >= 0.3 is 0 Å². The largest absolute Gasteiger partial charge is 0.384 e. The summed E-state index contributed by atoms with van der Waals surface area (Å²) in [6.45, 7) is 0. The van der Waals surface area contributed by atoms with E-state index in [1.54, 1.807) is 0 Å². The number of rotatable bonds is 3. The molecule has 0 saturated heterocycles. The number of benzene rings is 1. The minimum absolute atomic E-state index is 0.343. The molecule has 2 rings (SSSR count). The van der Waals surface area contributed by atoms with Crippen molar-refractivity contribution in [3.8, 4) is 12.3 Å². The van der Waals surface area contributed by atoms with Crippen LogP contribution in [0.5, 0.6) is 0 Å². The molecular weight excluding hydrogens is 184 g/mol. The van der Waals surface area contributed by atoms with Gasteiger partial charge in [0.25, 0.3) is 0 Å². The van der Waals surface area contributed by atoms with Gasteiger partial charge in [0.2, 0.25) is 0 Å². The normalized spacial score (nSPS) is 20.0. The average Bonchev–Trinajstić information content (AvgIpc) is 2.17. The first-order valence-corrected chi connectivity index (χ1v) is 5.49. The highest BCUT2D eigenvalue weighted by molar-refractivity contribution is 5.25. The summed E-state index contributed by atoms with van der Waals surface area (Å²) >= 11 is 0. The Morgan fingerprint density at radius 1 is 1.33 bits per heavy atom. The minimum Gasteiger partial charge on any atom is -0.384 e. The van der Waals surface area contributed by atoms with Crippen LogP contribution in [0.3, 0.4) is 0 Å². The van der Waals surface area contributed by atoms with E-state index in [0.717, 1.165) is 18.4 Å². The van der Waals surface area contributed by atoms with Crippen LogP contribution in [0.25, 0.3) is 0 Å². The molecule has 1 atom stereocenters. The molecule has 1 N–H and O–H groups in total. The molecule has 1 fully saturated rings. The molecule has 1 aliphatic rings. The van der Waals surface area contributed by atoms with Crippen molar-refractivity contribution in [1.82, 2.24) is 0 Å². The predicted octanol–water partition coefficient (Wildman–Crippen LogP) is 2.70. The Bertz CT molecular complexity index is 359. The summed E-state index contributed by atoms with van der Waals surface area (Å²) in [5.41, 5.74) is 0.168. The van der Waals surface area contributed by atoms with Crippen molar-refractivity contribution in [1.29, 1.82) is 0 Å². The standard InChI is InChI=1S/C14H16O/c1-2-11-14(15,13-9-6-10-13)12-7-4-3-5-8-12/h1,3-5,7-8,13,15H,6,9-11H2. The SMILES string of the molecule is C#CCC(O)(c1ccccc1)C1CCC1. The molecule has 15 heavy (non-hydrogen) atoms. The Hall–Kier alpha value is -1.26. The lowest BCUT2D eigenvalue weighted by Gasteiger charge is -2.41. The number of terminal acetylenes is 1. The highest BCUT2D eigenvalue weighted by Gasteiger charge is 2.40. The predicted molar refractivity (Wildman–Crippen MR) is 61.1 cm³/mol.